The molecule has 3 N–H and O–H groups in total. The summed E-state index contributed by atoms with van der Waals surface area (Å²) in [7, 11) is 1.60. The second-order valence-electron chi connectivity index (χ2n) is 3.03. The zero-order valence-electron chi connectivity index (χ0n) is 8.29. The molecule has 1 unspecified atom stereocenters. The third-order valence-electron chi connectivity index (χ3n) is 1.95. The van der Waals surface area contributed by atoms with Crippen molar-refractivity contribution in [2.75, 3.05) is 7.05 Å². The molecule has 1 aromatic rings. The molecule has 0 spiro atoms. The number of nitrogens with one attached hydrogen (secondary N) is 1. The first kappa shape index (κ1) is 10.5. The number of halogens is 1. The minimum atomic E-state index is -0.247. The number of aliphatic imine (C=N–C) groups is 1. The summed E-state index contributed by atoms with van der Waals surface area (Å²) in [6, 6.07) is 6.34. The van der Waals surface area contributed by atoms with E-state index < -0.39 is 0 Å². The van der Waals surface area contributed by atoms with Crippen molar-refractivity contribution >= 4 is 5.96 Å². The summed E-state index contributed by atoms with van der Waals surface area (Å²) in [6.45, 7) is 1.90. The molecule has 0 radical (unpaired) electrons. The lowest BCUT2D eigenvalue weighted by Gasteiger charge is -2.14. The molecule has 14 heavy (non-hydrogen) atoms. The summed E-state index contributed by atoms with van der Waals surface area (Å²) >= 11 is 0. The fraction of sp³-hybridized carbons (Fsp3) is 0.300. The van der Waals surface area contributed by atoms with Crippen LogP contribution in [-0.4, -0.2) is 13.0 Å². The minimum Gasteiger partial charge on any atom is -0.370 e. The van der Waals surface area contributed by atoms with Crippen molar-refractivity contribution in [2.24, 2.45) is 10.7 Å². The fourth-order valence-corrected chi connectivity index (χ4v) is 1.15. The van der Waals surface area contributed by atoms with E-state index in [4.69, 9.17) is 5.73 Å². The lowest BCUT2D eigenvalue weighted by molar-refractivity contribution is 0.617. The van der Waals surface area contributed by atoms with Crippen LogP contribution in [0.15, 0.2) is 29.3 Å². The summed E-state index contributed by atoms with van der Waals surface area (Å²) < 4.78 is 12.9. The van der Waals surface area contributed by atoms with Crippen LogP contribution < -0.4 is 11.1 Å². The molecule has 0 saturated carbocycles. The largest absolute Gasteiger partial charge is 0.370 e. The Morgan fingerprint density at radius 2 is 2.29 bits per heavy atom. The van der Waals surface area contributed by atoms with Gasteiger partial charge in [0.15, 0.2) is 5.96 Å². The van der Waals surface area contributed by atoms with Gasteiger partial charge in [0.25, 0.3) is 0 Å². The van der Waals surface area contributed by atoms with Crippen LogP contribution in [0.4, 0.5) is 4.39 Å². The maximum Gasteiger partial charge on any atom is 0.188 e. The van der Waals surface area contributed by atoms with Gasteiger partial charge in [0, 0.05) is 7.05 Å². The fourth-order valence-electron chi connectivity index (χ4n) is 1.15. The highest BCUT2D eigenvalue weighted by atomic mass is 19.1. The van der Waals surface area contributed by atoms with Crippen LogP contribution >= 0.6 is 0 Å². The van der Waals surface area contributed by atoms with Crippen LogP contribution in [-0.2, 0) is 0 Å². The number of nitrogens with two attached hydrogens (primary N) is 1. The number of guanidine groups is 1. The first-order valence-corrected chi connectivity index (χ1v) is 4.37. The van der Waals surface area contributed by atoms with Gasteiger partial charge in [-0.15, -0.1) is 0 Å². The molecule has 0 amide bonds. The Balaban J connectivity index is 2.74. The van der Waals surface area contributed by atoms with Gasteiger partial charge in [-0.3, -0.25) is 4.99 Å². The maximum absolute atomic E-state index is 12.9. The molecule has 76 valence electrons. The van der Waals surface area contributed by atoms with Crippen LogP contribution in [0.1, 0.15) is 18.5 Å². The maximum atomic E-state index is 12.9. The van der Waals surface area contributed by atoms with Crippen molar-refractivity contribution in [2.45, 2.75) is 13.0 Å². The molecule has 0 bridgehead atoms. The molecular weight excluding hydrogens is 181 g/mol. The Hall–Kier alpha value is -1.58. The second-order valence-corrected chi connectivity index (χ2v) is 3.03. The average molecular weight is 195 g/mol. The first-order chi connectivity index (χ1) is 6.63. The van der Waals surface area contributed by atoms with E-state index in [1.807, 2.05) is 13.0 Å². The van der Waals surface area contributed by atoms with E-state index in [2.05, 4.69) is 10.3 Å². The van der Waals surface area contributed by atoms with Gasteiger partial charge in [-0.2, -0.15) is 0 Å². The average Bonchev–Trinajstić information content (AvgIpc) is 2.17. The molecule has 0 aromatic heterocycles. The van der Waals surface area contributed by atoms with E-state index in [9.17, 15) is 4.39 Å². The van der Waals surface area contributed by atoms with Gasteiger partial charge in [0.05, 0.1) is 6.04 Å². The molecule has 1 atom stereocenters. The Labute approximate surface area is 82.8 Å². The van der Waals surface area contributed by atoms with Crippen molar-refractivity contribution in [3.63, 3.8) is 0 Å². The van der Waals surface area contributed by atoms with Crippen LogP contribution in [0.25, 0.3) is 0 Å². The monoisotopic (exact) mass is 195 g/mol. The molecule has 0 saturated heterocycles. The minimum absolute atomic E-state index is 0.0469. The zero-order chi connectivity index (χ0) is 10.6. The quantitative estimate of drug-likeness (QED) is 0.554. The van der Waals surface area contributed by atoms with Crippen molar-refractivity contribution in [3.05, 3.63) is 35.6 Å². The van der Waals surface area contributed by atoms with Gasteiger partial charge < -0.3 is 11.1 Å². The topological polar surface area (TPSA) is 50.4 Å². The van der Waals surface area contributed by atoms with Crippen molar-refractivity contribution in [1.82, 2.24) is 5.32 Å². The van der Waals surface area contributed by atoms with Gasteiger partial charge in [0.1, 0.15) is 5.82 Å². The van der Waals surface area contributed by atoms with Crippen molar-refractivity contribution in [3.8, 4) is 0 Å². The van der Waals surface area contributed by atoms with Gasteiger partial charge >= 0.3 is 0 Å². The number of nitrogens with zero attached hydrogens (tertiary/aromatic N) is 1. The lowest BCUT2D eigenvalue weighted by Crippen LogP contribution is -2.33. The summed E-state index contributed by atoms with van der Waals surface area (Å²) in [5, 5.41) is 2.93. The molecule has 0 fully saturated rings. The Bertz CT molecular complexity index is 336. The number of hydrogen-bond acceptors (Lipinski definition) is 1. The molecule has 1 aromatic carbocycles. The Morgan fingerprint density at radius 3 is 2.86 bits per heavy atom. The molecule has 0 aliphatic rings. The molecule has 4 heteroatoms. The molecule has 1 rings (SSSR count). The summed E-state index contributed by atoms with van der Waals surface area (Å²) in [6.07, 6.45) is 0. The van der Waals surface area contributed by atoms with Crippen LogP contribution in [0, 0.1) is 5.82 Å². The smallest absolute Gasteiger partial charge is 0.188 e. The highest BCUT2D eigenvalue weighted by Gasteiger charge is 2.05. The molecule has 0 aliphatic carbocycles. The van der Waals surface area contributed by atoms with E-state index in [1.165, 1.54) is 12.1 Å². The second kappa shape index (κ2) is 4.60. The van der Waals surface area contributed by atoms with Crippen molar-refractivity contribution in [1.29, 1.82) is 0 Å². The van der Waals surface area contributed by atoms with Gasteiger partial charge in [-0.1, -0.05) is 12.1 Å². The first-order valence-electron chi connectivity index (χ1n) is 4.37. The van der Waals surface area contributed by atoms with E-state index in [0.717, 1.165) is 5.56 Å². The zero-order valence-corrected chi connectivity index (χ0v) is 8.29. The Kier molecular flexibility index (Phi) is 3.45. The third kappa shape index (κ3) is 2.73. The van der Waals surface area contributed by atoms with Crippen LogP contribution in [0.5, 0.6) is 0 Å². The number of benzene rings is 1. The Morgan fingerprint density at radius 1 is 1.57 bits per heavy atom. The lowest BCUT2D eigenvalue weighted by atomic mass is 10.1. The molecule has 0 heterocycles. The van der Waals surface area contributed by atoms with E-state index >= 15 is 0 Å². The van der Waals surface area contributed by atoms with Crippen LogP contribution in [0.2, 0.25) is 0 Å². The predicted molar refractivity (Wildman–Crippen MR) is 55.5 cm³/mol. The van der Waals surface area contributed by atoms with E-state index in [-0.39, 0.29) is 11.9 Å². The summed E-state index contributed by atoms with van der Waals surface area (Å²) in [5.41, 5.74) is 6.34. The van der Waals surface area contributed by atoms with Gasteiger partial charge in [-0.05, 0) is 24.6 Å². The number of hydrogen-bond donors (Lipinski definition) is 2. The van der Waals surface area contributed by atoms with Crippen LogP contribution in [0.3, 0.4) is 0 Å². The molecule has 0 aliphatic heterocycles. The third-order valence-corrected chi connectivity index (χ3v) is 1.95. The van der Waals surface area contributed by atoms with E-state index in [1.54, 1.807) is 13.1 Å². The highest BCUT2D eigenvalue weighted by molar-refractivity contribution is 5.78. The van der Waals surface area contributed by atoms with Gasteiger partial charge in [-0.25, -0.2) is 4.39 Å². The summed E-state index contributed by atoms with van der Waals surface area (Å²) in [4.78, 5) is 3.77. The summed E-state index contributed by atoms with van der Waals surface area (Å²) in [5.74, 6) is 0.102. The standard InChI is InChI=1S/C10H14FN3/c1-7(14-10(12)13-2)8-4-3-5-9(11)6-8/h3-7H,1-2H3,(H3,12,13,14). The highest BCUT2D eigenvalue weighted by Crippen LogP contribution is 2.12. The van der Waals surface area contributed by atoms with Crippen molar-refractivity contribution < 1.29 is 4.39 Å². The molecular formula is C10H14FN3. The SMILES string of the molecule is CN=C(N)NC(C)c1cccc(F)c1. The van der Waals surface area contributed by atoms with Gasteiger partial charge in [0.2, 0.25) is 0 Å². The molecule has 3 nitrogen and oxygen atoms in total. The number of rotatable bonds is 2. The normalized spacial score (nSPS) is 13.8. The van der Waals surface area contributed by atoms with E-state index in [0.29, 0.717) is 5.96 Å². The predicted octanol–water partition coefficient (Wildman–Crippen LogP) is 1.42.